The van der Waals surface area contributed by atoms with Gasteiger partial charge in [0, 0.05) is 15.7 Å². The molecule has 1 fully saturated rings. The number of hydrogen-bond acceptors (Lipinski definition) is 3. The lowest BCUT2D eigenvalue weighted by Crippen LogP contribution is -2.30. The SMILES string of the molecule is CC(C)(C)C1CCC(OC(=O)CCC(=O)Nc2ccc(I)cc2)CC1. The van der Waals surface area contributed by atoms with Crippen LogP contribution in [0.5, 0.6) is 0 Å². The summed E-state index contributed by atoms with van der Waals surface area (Å²) in [5.74, 6) is 0.272. The van der Waals surface area contributed by atoms with Gasteiger partial charge in [-0.1, -0.05) is 20.8 Å². The standard InChI is InChI=1S/C20H28INO3/c1-20(2,3)14-4-10-17(11-5-14)25-19(24)13-12-18(23)22-16-8-6-15(21)7-9-16/h6-9,14,17H,4-5,10-13H2,1-3H3,(H,22,23). The summed E-state index contributed by atoms with van der Waals surface area (Å²) in [6, 6.07) is 7.56. The topological polar surface area (TPSA) is 55.4 Å². The van der Waals surface area contributed by atoms with E-state index in [1.54, 1.807) is 0 Å². The third-order valence-corrected chi connectivity index (χ3v) is 5.60. The molecule has 1 amide bonds. The molecule has 1 aromatic rings. The molecule has 0 saturated heterocycles. The van der Waals surface area contributed by atoms with Crippen LogP contribution in [0.3, 0.4) is 0 Å². The average molecular weight is 457 g/mol. The van der Waals surface area contributed by atoms with Gasteiger partial charge in [0.2, 0.25) is 5.91 Å². The number of carbonyl (C=O) groups excluding carboxylic acids is 2. The van der Waals surface area contributed by atoms with Crippen molar-refractivity contribution in [1.82, 2.24) is 0 Å². The summed E-state index contributed by atoms with van der Waals surface area (Å²) in [5, 5.41) is 2.80. The first kappa shape index (κ1) is 20.2. The predicted octanol–water partition coefficient (Wildman–Crippen LogP) is 5.16. The van der Waals surface area contributed by atoms with Crippen LogP contribution in [0.4, 0.5) is 5.69 Å². The Morgan fingerprint density at radius 1 is 1.08 bits per heavy atom. The summed E-state index contributed by atoms with van der Waals surface area (Å²) in [7, 11) is 0. The molecule has 0 atom stereocenters. The van der Waals surface area contributed by atoms with E-state index in [4.69, 9.17) is 4.74 Å². The third kappa shape index (κ3) is 6.96. The molecule has 4 nitrogen and oxygen atoms in total. The van der Waals surface area contributed by atoms with Crippen LogP contribution in [0, 0.1) is 14.9 Å². The minimum Gasteiger partial charge on any atom is -0.462 e. The van der Waals surface area contributed by atoms with Gasteiger partial charge in [-0.2, -0.15) is 0 Å². The van der Waals surface area contributed by atoms with E-state index < -0.39 is 0 Å². The number of nitrogens with one attached hydrogen (secondary N) is 1. The zero-order valence-electron chi connectivity index (χ0n) is 15.3. The predicted molar refractivity (Wildman–Crippen MR) is 108 cm³/mol. The Balaban J connectivity index is 1.67. The maximum Gasteiger partial charge on any atom is 0.306 e. The monoisotopic (exact) mass is 457 g/mol. The van der Waals surface area contributed by atoms with E-state index in [0.29, 0.717) is 11.3 Å². The fraction of sp³-hybridized carbons (Fsp3) is 0.600. The van der Waals surface area contributed by atoms with Gasteiger partial charge in [0.15, 0.2) is 0 Å². The van der Waals surface area contributed by atoms with Crippen molar-refractivity contribution >= 4 is 40.2 Å². The molecule has 0 spiro atoms. The van der Waals surface area contributed by atoms with Crippen molar-refractivity contribution in [1.29, 1.82) is 0 Å². The van der Waals surface area contributed by atoms with Crippen LogP contribution in [0.2, 0.25) is 0 Å². The molecule has 5 heteroatoms. The molecule has 1 aliphatic carbocycles. The Labute approximate surface area is 164 Å². The summed E-state index contributed by atoms with van der Waals surface area (Å²) in [6.07, 6.45) is 4.39. The van der Waals surface area contributed by atoms with E-state index in [0.717, 1.165) is 34.9 Å². The summed E-state index contributed by atoms with van der Waals surface area (Å²) >= 11 is 2.21. The second-order valence-electron chi connectivity index (χ2n) is 7.88. The summed E-state index contributed by atoms with van der Waals surface area (Å²) in [4.78, 5) is 23.9. The molecule has 0 radical (unpaired) electrons. The van der Waals surface area contributed by atoms with Crippen molar-refractivity contribution < 1.29 is 14.3 Å². The van der Waals surface area contributed by atoms with E-state index >= 15 is 0 Å². The van der Waals surface area contributed by atoms with E-state index in [2.05, 4.69) is 48.7 Å². The number of anilines is 1. The molecule has 1 aliphatic rings. The van der Waals surface area contributed by atoms with E-state index in [1.807, 2.05) is 24.3 Å². The first-order valence-electron chi connectivity index (χ1n) is 8.99. The average Bonchev–Trinajstić information content (AvgIpc) is 2.55. The van der Waals surface area contributed by atoms with E-state index in [9.17, 15) is 9.59 Å². The van der Waals surface area contributed by atoms with Gasteiger partial charge in [-0.3, -0.25) is 9.59 Å². The zero-order chi connectivity index (χ0) is 18.4. The van der Waals surface area contributed by atoms with Crippen molar-refractivity contribution in [3.63, 3.8) is 0 Å². The van der Waals surface area contributed by atoms with Gasteiger partial charge < -0.3 is 10.1 Å². The maximum absolute atomic E-state index is 12.0. The van der Waals surface area contributed by atoms with Crippen molar-refractivity contribution in [2.24, 2.45) is 11.3 Å². The molecule has 0 bridgehead atoms. The molecule has 1 N–H and O–H groups in total. The Morgan fingerprint density at radius 3 is 2.24 bits per heavy atom. The van der Waals surface area contributed by atoms with Gasteiger partial charge in [-0.05, 0) is 83.9 Å². The lowest BCUT2D eigenvalue weighted by Gasteiger charge is -2.36. The Kier molecular flexibility index (Phi) is 7.28. The molecule has 0 aromatic heterocycles. The van der Waals surface area contributed by atoms with Crippen molar-refractivity contribution in [3.8, 4) is 0 Å². The Hall–Kier alpha value is -1.11. The van der Waals surface area contributed by atoms with Gasteiger partial charge in [0.25, 0.3) is 0 Å². The second kappa shape index (κ2) is 9.01. The highest BCUT2D eigenvalue weighted by molar-refractivity contribution is 14.1. The number of rotatable bonds is 5. The van der Waals surface area contributed by atoms with Gasteiger partial charge in [-0.25, -0.2) is 0 Å². The molecular weight excluding hydrogens is 429 g/mol. The number of hydrogen-bond donors (Lipinski definition) is 1. The van der Waals surface area contributed by atoms with Gasteiger partial charge >= 0.3 is 5.97 Å². The molecule has 0 unspecified atom stereocenters. The normalized spacial score (nSPS) is 20.8. The highest BCUT2D eigenvalue weighted by Crippen LogP contribution is 2.38. The first-order valence-corrected chi connectivity index (χ1v) is 10.1. The maximum atomic E-state index is 12.0. The highest BCUT2D eigenvalue weighted by atomic mass is 127. The molecular formula is C20H28INO3. The van der Waals surface area contributed by atoms with Crippen molar-refractivity contribution in [3.05, 3.63) is 27.8 Å². The fourth-order valence-electron chi connectivity index (χ4n) is 3.26. The minimum absolute atomic E-state index is 0.0189. The van der Waals surface area contributed by atoms with Gasteiger partial charge in [-0.15, -0.1) is 0 Å². The van der Waals surface area contributed by atoms with Crippen molar-refractivity contribution in [2.45, 2.75) is 65.4 Å². The summed E-state index contributed by atoms with van der Waals surface area (Å²) in [5.41, 5.74) is 1.07. The quantitative estimate of drug-likeness (QED) is 0.491. The largest absolute Gasteiger partial charge is 0.462 e. The lowest BCUT2D eigenvalue weighted by atomic mass is 9.72. The molecule has 1 saturated carbocycles. The molecule has 25 heavy (non-hydrogen) atoms. The fourth-order valence-corrected chi connectivity index (χ4v) is 3.62. The Morgan fingerprint density at radius 2 is 1.68 bits per heavy atom. The minimum atomic E-state index is -0.267. The van der Waals surface area contributed by atoms with Gasteiger partial charge in [0.1, 0.15) is 6.10 Å². The van der Waals surface area contributed by atoms with E-state index in [1.165, 1.54) is 0 Å². The molecule has 2 rings (SSSR count). The van der Waals surface area contributed by atoms with Crippen LogP contribution in [-0.4, -0.2) is 18.0 Å². The van der Waals surface area contributed by atoms with Crippen LogP contribution < -0.4 is 5.32 Å². The second-order valence-corrected chi connectivity index (χ2v) is 9.13. The number of amides is 1. The van der Waals surface area contributed by atoms with Crippen LogP contribution in [-0.2, 0) is 14.3 Å². The van der Waals surface area contributed by atoms with Crippen LogP contribution in [0.15, 0.2) is 24.3 Å². The summed E-state index contributed by atoms with van der Waals surface area (Å²) < 4.78 is 6.66. The summed E-state index contributed by atoms with van der Waals surface area (Å²) in [6.45, 7) is 6.82. The van der Waals surface area contributed by atoms with Crippen LogP contribution in [0.25, 0.3) is 0 Å². The van der Waals surface area contributed by atoms with Crippen LogP contribution >= 0.6 is 22.6 Å². The molecule has 138 valence electrons. The molecule has 0 aliphatic heterocycles. The van der Waals surface area contributed by atoms with Crippen molar-refractivity contribution in [2.75, 3.05) is 5.32 Å². The smallest absolute Gasteiger partial charge is 0.306 e. The number of carbonyl (C=O) groups is 2. The van der Waals surface area contributed by atoms with E-state index in [-0.39, 0.29) is 30.8 Å². The first-order chi connectivity index (χ1) is 11.7. The third-order valence-electron chi connectivity index (χ3n) is 4.88. The number of ether oxygens (including phenoxy) is 1. The number of halogens is 1. The molecule has 1 aromatic carbocycles. The molecule has 0 heterocycles. The lowest BCUT2D eigenvalue weighted by molar-refractivity contribution is -0.152. The highest BCUT2D eigenvalue weighted by Gasteiger charge is 2.31. The number of benzene rings is 1. The Bertz CT molecular complexity index is 584. The number of esters is 1. The van der Waals surface area contributed by atoms with Crippen LogP contribution in [0.1, 0.15) is 59.3 Å². The van der Waals surface area contributed by atoms with Gasteiger partial charge in [0.05, 0.1) is 6.42 Å². The zero-order valence-corrected chi connectivity index (χ0v) is 17.5.